The van der Waals surface area contributed by atoms with Crippen LogP contribution in [0.4, 0.5) is 17.6 Å². The molecule has 182 valence electrons. The Morgan fingerprint density at radius 1 is 0.886 bits per heavy atom. The molecule has 0 aliphatic heterocycles. The Morgan fingerprint density at radius 2 is 1.57 bits per heavy atom. The van der Waals surface area contributed by atoms with Crippen LogP contribution in [-0.4, -0.2) is 38.0 Å². The number of ether oxygens (including phenoxy) is 2. The van der Waals surface area contributed by atoms with E-state index in [4.69, 9.17) is 20.6 Å². The van der Waals surface area contributed by atoms with Crippen molar-refractivity contribution < 1.29 is 9.47 Å². The Labute approximate surface area is 205 Å². The van der Waals surface area contributed by atoms with Crippen LogP contribution < -0.4 is 15.8 Å². The molecular weight excluding hydrogens is 442 g/mol. The summed E-state index contributed by atoms with van der Waals surface area (Å²) in [6.07, 6.45) is 8.24. The van der Waals surface area contributed by atoms with Gasteiger partial charge in [-0.25, -0.2) is 0 Å². The minimum absolute atomic E-state index is 0.0695. The lowest BCUT2D eigenvalue weighted by Crippen LogP contribution is -2.43. The van der Waals surface area contributed by atoms with Gasteiger partial charge in [-0.2, -0.15) is 15.0 Å². The van der Waals surface area contributed by atoms with Crippen LogP contribution in [0.5, 0.6) is 11.5 Å². The van der Waals surface area contributed by atoms with Crippen molar-refractivity contribution in [3.8, 4) is 11.5 Å². The number of nitrogen functional groups attached to an aromatic ring is 1. The summed E-state index contributed by atoms with van der Waals surface area (Å²) < 4.78 is 11.7. The van der Waals surface area contributed by atoms with Crippen LogP contribution in [0, 0.1) is 5.41 Å². The standard InChI is InChI=1S/C26H31N7O2/c27-24-30-23(17-34-25(28)33(20-13-14-20)19-7-3-1-4-8-19)31-26(32-24)29-18-11-15-22(16-12-18)35-21-9-5-2-6-10-21/h2,5-6,9-12,15-16,19-20,28H,1,3-4,7-8,13-14,17H2,(H3,27,29,30,31,32). The molecular formula is C26H31N7O2. The summed E-state index contributed by atoms with van der Waals surface area (Å²) in [6, 6.07) is 18.1. The van der Waals surface area contributed by atoms with Crippen LogP contribution in [0.15, 0.2) is 54.6 Å². The van der Waals surface area contributed by atoms with E-state index in [1.54, 1.807) is 0 Å². The fourth-order valence-electron chi connectivity index (χ4n) is 4.47. The third-order valence-corrected chi connectivity index (χ3v) is 6.27. The van der Waals surface area contributed by atoms with E-state index in [9.17, 15) is 0 Å². The number of nitrogens with zero attached hydrogens (tertiary/aromatic N) is 4. The van der Waals surface area contributed by atoms with Crippen LogP contribution in [-0.2, 0) is 11.3 Å². The molecule has 2 saturated carbocycles. The Balaban J connectivity index is 1.20. The summed E-state index contributed by atoms with van der Waals surface area (Å²) in [5.41, 5.74) is 6.71. The van der Waals surface area contributed by atoms with E-state index in [1.165, 1.54) is 19.3 Å². The molecule has 3 aromatic rings. The van der Waals surface area contributed by atoms with E-state index in [1.807, 2.05) is 54.6 Å². The average Bonchev–Trinajstić information content (AvgIpc) is 3.70. The normalized spacial score (nSPS) is 15.9. The maximum Gasteiger partial charge on any atom is 0.285 e. The average molecular weight is 474 g/mol. The lowest BCUT2D eigenvalue weighted by Gasteiger charge is -2.35. The summed E-state index contributed by atoms with van der Waals surface area (Å²) in [4.78, 5) is 15.0. The molecule has 2 fully saturated rings. The predicted octanol–water partition coefficient (Wildman–Crippen LogP) is 5.24. The summed E-state index contributed by atoms with van der Waals surface area (Å²) in [6.45, 7) is 0.0695. The number of benzene rings is 2. The predicted molar refractivity (Wildman–Crippen MR) is 135 cm³/mol. The van der Waals surface area contributed by atoms with Gasteiger partial charge in [-0.3, -0.25) is 5.41 Å². The van der Waals surface area contributed by atoms with Crippen molar-refractivity contribution >= 4 is 23.6 Å². The van der Waals surface area contributed by atoms with E-state index in [0.29, 0.717) is 23.9 Å². The number of anilines is 3. The molecule has 2 aromatic carbocycles. The minimum Gasteiger partial charge on any atom is -0.457 e. The summed E-state index contributed by atoms with van der Waals surface area (Å²) in [7, 11) is 0. The Hall–Kier alpha value is -3.88. The summed E-state index contributed by atoms with van der Waals surface area (Å²) in [5.74, 6) is 2.31. The number of para-hydroxylation sites is 1. The van der Waals surface area contributed by atoms with Gasteiger partial charge in [0.2, 0.25) is 11.9 Å². The first-order valence-electron chi connectivity index (χ1n) is 12.2. The van der Waals surface area contributed by atoms with Gasteiger partial charge >= 0.3 is 0 Å². The van der Waals surface area contributed by atoms with Crippen molar-refractivity contribution in [1.82, 2.24) is 19.9 Å². The van der Waals surface area contributed by atoms with Crippen LogP contribution in [0.25, 0.3) is 0 Å². The third kappa shape index (κ3) is 6.17. The van der Waals surface area contributed by atoms with E-state index in [2.05, 4.69) is 25.2 Å². The largest absolute Gasteiger partial charge is 0.457 e. The number of rotatable bonds is 8. The van der Waals surface area contributed by atoms with Crippen LogP contribution in [0.3, 0.4) is 0 Å². The van der Waals surface area contributed by atoms with Crippen LogP contribution >= 0.6 is 0 Å². The first kappa shape index (κ1) is 22.9. The van der Waals surface area contributed by atoms with Gasteiger partial charge in [0.15, 0.2) is 12.4 Å². The number of hydrogen-bond acceptors (Lipinski definition) is 8. The molecule has 0 spiro atoms. The topological polar surface area (TPSA) is 122 Å². The lowest BCUT2D eigenvalue weighted by atomic mass is 9.94. The fraction of sp³-hybridized carbons (Fsp3) is 0.385. The van der Waals surface area contributed by atoms with Crippen LogP contribution in [0.1, 0.15) is 50.8 Å². The molecule has 0 amide bonds. The first-order chi connectivity index (χ1) is 17.1. The van der Waals surface area contributed by atoms with Crippen molar-refractivity contribution in [2.45, 2.75) is 63.6 Å². The van der Waals surface area contributed by atoms with Crippen molar-refractivity contribution in [3.63, 3.8) is 0 Å². The molecule has 1 heterocycles. The molecule has 9 nitrogen and oxygen atoms in total. The number of hydrogen-bond donors (Lipinski definition) is 3. The summed E-state index contributed by atoms with van der Waals surface area (Å²) in [5, 5.41) is 11.7. The molecule has 9 heteroatoms. The minimum atomic E-state index is 0.0695. The maximum absolute atomic E-state index is 8.56. The van der Waals surface area contributed by atoms with Crippen molar-refractivity contribution in [3.05, 3.63) is 60.4 Å². The monoisotopic (exact) mass is 473 g/mol. The van der Waals surface area contributed by atoms with Gasteiger partial charge in [-0.1, -0.05) is 37.5 Å². The third-order valence-electron chi connectivity index (χ3n) is 6.27. The highest BCUT2D eigenvalue weighted by atomic mass is 16.5. The van der Waals surface area contributed by atoms with Gasteiger partial charge in [0, 0.05) is 17.8 Å². The van der Waals surface area contributed by atoms with Gasteiger partial charge in [0.05, 0.1) is 0 Å². The molecule has 0 atom stereocenters. The van der Waals surface area contributed by atoms with Crippen molar-refractivity contribution in [1.29, 1.82) is 5.41 Å². The molecule has 0 bridgehead atoms. The molecule has 0 radical (unpaired) electrons. The quantitative estimate of drug-likeness (QED) is 0.300. The highest BCUT2D eigenvalue weighted by Gasteiger charge is 2.37. The molecule has 2 aliphatic carbocycles. The van der Waals surface area contributed by atoms with Crippen molar-refractivity contribution in [2.75, 3.05) is 11.1 Å². The van der Waals surface area contributed by atoms with Gasteiger partial charge in [0.1, 0.15) is 11.5 Å². The van der Waals surface area contributed by atoms with E-state index in [0.717, 1.165) is 42.9 Å². The Morgan fingerprint density at radius 3 is 2.29 bits per heavy atom. The number of nitrogens with one attached hydrogen (secondary N) is 2. The second-order valence-electron chi connectivity index (χ2n) is 9.02. The Kier molecular flexibility index (Phi) is 6.92. The molecule has 4 N–H and O–H groups in total. The van der Waals surface area contributed by atoms with Crippen molar-refractivity contribution in [2.24, 2.45) is 0 Å². The zero-order valence-corrected chi connectivity index (χ0v) is 19.7. The van der Waals surface area contributed by atoms with Crippen LogP contribution in [0.2, 0.25) is 0 Å². The van der Waals surface area contributed by atoms with Gasteiger partial charge in [-0.05, 0) is 62.1 Å². The van der Waals surface area contributed by atoms with Gasteiger partial charge < -0.3 is 25.4 Å². The van der Waals surface area contributed by atoms with Gasteiger partial charge in [-0.15, -0.1) is 0 Å². The molecule has 2 aliphatic rings. The molecule has 1 aromatic heterocycles. The molecule has 35 heavy (non-hydrogen) atoms. The smallest absolute Gasteiger partial charge is 0.285 e. The fourth-order valence-corrected chi connectivity index (χ4v) is 4.47. The zero-order valence-electron chi connectivity index (χ0n) is 19.7. The highest BCUT2D eigenvalue weighted by molar-refractivity contribution is 5.71. The molecule has 5 rings (SSSR count). The second kappa shape index (κ2) is 10.6. The van der Waals surface area contributed by atoms with E-state index in [-0.39, 0.29) is 18.6 Å². The molecule has 0 unspecified atom stereocenters. The van der Waals surface area contributed by atoms with E-state index >= 15 is 0 Å². The summed E-state index contributed by atoms with van der Waals surface area (Å²) >= 11 is 0. The second-order valence-corrected chi connectivity index (χ2v) is 9.02. The number of nitrogens with two attached hydrogens (primary N) is 1. The Bertz CT molecular complexity index is 1130. The van der Waals surface area contributed by atoms with E-state index < -0.39 is 0 Å². The first-order valence-corrected chi connectivity index (χ1v) is 12.2. The zero-order chi connectivity index (χ0) is 24.0. The number of amidine groups is 1. The van der Waals surface area contributed by atoms with Gasteiger partial charge in [0.25, 0.3) is 6.02 Å². The molecule has 0 saturated heterocycles. The highest BCUT2D eigenvalue weighted by Crippen LogP contribution is 2.34. The SMILES string of the molecule is N=C(OCc1nc(N)nc(Nc2ccc(Oc3ccccc3)cc2)n1)N(C1CCCCC1)C1CC1. The maximum atomic E-state index is 8.56. The number of aromatic nitrogens is 3. The lowest BCUT2D eigenvalue weighted by molar-refractivity contribution is 0.154.